The van der Waals surface area contributed by atoms with Crippen molar-refractivity contribution in [1.82, 2.24) is 0 Å². The summed E-state index contributed by atoms with van der Waals surface area (Å²) in [7, 11) is 1.35. The van der Waals surface area contributed by atoms with Crippen molar-refractivity contribution in [3.8, 4) is 11.8 Å². The highest BCUT2D eigenvalue weighted by Crippen LogP contribution is 2.48. The molecule has 1 rings (SSSR count). The van der Waals surface area contributed by atoms with Crippen molar-refractivity contribution in [2.24, 2.45) is 11.3 Å². The van der Waals surface area contributed by atoms with Gasteiger partial charge in [0.1, 0.15) is 0 Å². The molecule has 0 saturated heterocycles. The molecule has 0 aromatic rings. The average Bonchev–Trinajstić information content (AvgIpc) is 2.80. The zero-order valence-corrected chi connectivity index (χ0v) is 14.5. The molecule has 0 saturated carbocycles. The van der Waals surface area contributed by atoms with Crippen LogP contribution in [-0.2, 0) is 9.53 Å². The Balaban J connectivity index is 3.03. The zero-order chi connectivity index (χ0) is 16.8. The minimum Gasteiger partial charge on any atom is -0.459 e. The Morgan fingerprint density at radius 3 is 2.73 bits per heavy atom. The molecule has 1 N–H and O–H groups in total. The largest absolute Gasteiger partial charge is 0.459 e. The number of methoxy groups -OCH3 is 1. The first kappa shape index (κ1) is 18.5. The smallest absolute Gasteiger partial charge is 0.384 e. The first-order valence-electron chi connectivity index (χ1n) is 7.94. The first-order valence-corrected chi connectivity index (χ1v) is 7.94. The number of esters is 1. The number of hydrogen-bond acceptors (Lipinski definition) is 3. The summed E-state index contributed by atoms with van der Waals surface area (Å²) in [5.41, 5.74) is 3.68. The zero-order valence-electron chi connectivity index (χ0n) is 14.5. The van der Waals surface area contributed by atoms with Gasteiger partial charge in [0.2, 0.25) is 0 Å². The molecular formula is C19H28O3. The van der Waals surface area contributed by atoms with Crippen LogP contribution in [-0.4, -0.2) is 24.8 Å². The molecule has 3 heteroatoms. The van der Waals surface area contributed by atoms with E-state index in [1.165, 1.54) is 18.3 Å². The summed E-state index contributed by atoms with van der Waals surface area (Å²) in [5, 5.41) is 8.97. The van der Waals surface area contributed by atoms with Gasteiger partial charge in [0.25, 0.3) is 0 Å². The van der Waals surface area contributed by atoms with E-state index >= 15 is 0 Å². The molecule has 0 spiro atoms. The Kier molecular flexibility index (Phi) is 6.90. The van der Waals surface area contributed by atoms with E-state index in [1.54, 1.807) is 0 Å². The molecule has 0 aromatic carbocycles. The molecule has 0 aliphatic heterocycles. The molecule has 3 nitrogen and oxygen atoms in total. The van der Waals surface area contributed by atoms with E-state index < -0.39 is 5.97 Å². The van der Waals surface area contributed by atoms with Crippen molar-refractivity contribution in [1.29, 1.82) is 0 Å². The van der Waals surface area contributed by atoms with Gasteiger partial charge >= 0.3 is 5.97 Å². The van der Waals surface area contributed by atoms with Gasteiger partial charge in [-0.1, -0.05) is 43.9 Å². The van der Waals surface area contributed by atoms with Crippen molar-refractivity contribution in [2.75, 3.05) is 13.7 Å². The van der Waals surface area contributed by atoms with Crippen molar-refractivity contribution in [2.45, 2.75) is 53.4 Å². The lowest BCUT2D eigenvalue weighted by Crippen LogP contribution is -2.16. The van der Waals surface area contributed by atoms with Crippen LogP contribution in [0.5, 0.6) is 0 Å². The Morgan fingerprint density at radius 1 is 1.50 bits per heavy atom. The fourth-order valence-electron chi connectivity index (χ4n) is 3.00. The molecule has 0 heterocycles. The summed E-state index contributed by atoms with van der Waals surface area (Å²) in [6.07, 6.45) is 5.88. The highest BCUT2D eigenvalue weighted by molar-refractivity contribution is 5.89. The molecule has 1 aliphatic rings. The van der Waals surface area contributed by atoms with Crippen LogP contribution in [0.15, 0.2) is 22.8 Å². The Bertz CT molecular complexity index is 529. The first-order chi connectivity index (χ1) is 10.3. The van der Waals surface area contributed by atoms with E-state index in [-0.39, 0.29) is 12.0 Å². The Morgan fingerprint density at radius 2 is 2.18 bits per heavy atom. The standard InChI is InChI=1S/C19H28O3/c1-14(2)16-9-12-19(4,11-8-15(3)10-13-20)17(16)6-7-18(21)22-5/h10,14,20H,8-9,11-13H2,1-5H3/b15-10+/t19-/m0/s1. The average molecular weight is 304 g/mol. The molecule has 1 aliphatic carbocycles. The summed E-state index contributed by atoms with van der Waals surface area (Å²) in [6.45, 7) is 8.72. The number of aliphatic hydroxyl groups is 1. The minimum atomic E-state index is -0.485. The second kappa shape index (κ2) is 8.19. The minimum absolute atomic E-state index is 0.00514. The predicted octanol–water partition coefficient (Wildman–Crippen LogP) is 3.63. The molecule has 0 bridgehead atoms. The van der Waals surface area contributed by atoms with Gasteiger partial charge in [-0.2, -0.15) is 0 Å². The summed E-state index contributed by atoms with van der Waals surface area (Å²) in [5.74, 6) is 5.66. The fraction of sp³-hybridized carbons (Fsp3) is 0.632. The highest BCUT2D eigenvalue weighted by atomic mass is 16.5. The van der Waals surface area contributed by atoms with E-state index in [0.717, 1.165) is 31.3 Å². The number of carbonyl (C=O) groups excluding carboxylic acids is 1. The number of ether oxygens (including phenoxy) is 1. The molecular weight excluding hydrogens is 276 g/mol. The molecule has 22 heavy (non-hydrogen) atoms. The van der Waals surface area contributed by atoms with E-state index in [2.05, 4.69) is 37.3 Å². The SMILES string of the molecule is COC(=O)C#CC1=C(C(C)C)CC[C@]1(C)CC/C(C)=C/CO. The maximum absolute atomic E-state index is 11.4. The number of carbonyl (C=O) groups is 1. The van der Waals surface area contributed by atoms with Gasteiger partial charge in [-0.05, 0) is 38.5 Å². The monoisotopic (exact) mass is 304 g/mol. The van der Waals surface area contributed by atoms with Gasteiger partial charge < -0.3 is 9.84 Å². The number of allylic oxidation sites excluding steroid dienone is 3. The molecule has 122 valence electrons. The van der Waals surface area contributed by atoms with Crippen LogP contribution in [0, 0.1) is 23.2 Å². The third-order valence-corrected chi connectivity index (χ3v) is 4.55. The molecule has 0 radical (unpaired) electrons. The summed E-state index contributed by atoms with van der Waals surface area (Å²) in [4.78, 5) is 11.4. The van der Waals surface area contributed by atoms with Crippen LogP contribution in [0.4, 0.5) is 0 Å². The molecule has 1 atom stereocenters. The lowest BCUT2D eigenvalue weighted by molar-refractivity contribution is -0.133. The van der Waals surface area contributed by atoms with Crippen molar-refractivity contribution < 1.29 is 14.6 Å². The normalized spacial score (nSPS) is 21.9. The van der Waals surface area contributed by atoms with Crippen LogP contribution in [0.2, 0.25) is 0 Å². The Labute approximate surface area is 134 Å². The van der Waals surface area contributed by atoms with Gasteiger partial charge in [0, 0.05) is 16.9 Å². The summed E-state index contributed by atoms with van der Waals surface area (Å²) < 4.78 is 4.63. The van der Waals surface area contributed by atoms with E-state index in [9.17, 15) is 4.79 Å². The predicted molar refractivity (Wildman–Crippen MR) is 89.1 cm³/mol. The lowest BCUT2D eigenvalue weighted by Gasteiger charge is -2.26. The van der Waals surface area contributed by atoms with E-state index in [1.807, 2.05) is 13.0 Å². The quantitative estimate of drug-likeness (QED) is 0.365. The molecule has 0 fully saturated rings. The maximum Gasteiger partial charge on any atom is 0.384 e. The van der Waals surface area contributed by atoms with E-state index in [4.69, 9.17) is 5.11 Å². The van der Waals surface area contributed by atoms with Crippen molar-refractivity contribution >= 4 is 5.97 Å². The Hall–Kier alpha value is -1.53. The van der Waals surface area contributed by atoms with Crippen LogP contribution < -0.4 is 0 Å². The van der Waals surface area contributed by atoms with Gasteiger partial charge in [0.05, 0.1) is 13.7 Å². The topological polar surface area (TPSA) is 46.5 Å². The lowest BCUT2D eigenvalue weighted by atomic mass is 9.77. The highest BCUT2D eigenvalue weighted by Gasteiger charge is 2.36. The maximum atomic E-state index is 11.4. The molecule has 0 amide bonds. The number of aliphatic hydroxyl groups excluding tert-OH is 1. The van der Waals surface area contributed by atoms with Crippen LogP contribution in [0.25, 0.3) is 0 Å². The van der Waals surface area contributed by atoms with Gasteiger partial charge in [-0.3, -0.25) is 0 Å². The second-order valence-corrected chi connectivity index (χ2v) is 6.59. The third kappa shape index (κ3) is 4.74. The van der Waals surface area contributed by atoms with Gasteiger partial charge in [-0.15, -0.1) is 0 Å². The molecule has 0 unspecified atom stereocenters. The molecule has 0 aromatic heterocycles. The van der Waals surface area contributed by atoms with Crippen LogP contribution >= 0.6 is 0 Å². The fourth-order valence-corrected chi connectivity index (χ4v) is 3.00. The van der Waals surface area contributed by atoms with Crippen molar-refractivity contribution in [3.63, 3.8) is 0 Å². The van der Waals surface area contributed by atoms with Gasteiger partial charge in [0.15, 0.2) is 0 Å². The number of rotatable bonds is 5. The number of hydrogen-bond donors (Lipinski definition) is 1. The summed E-state index contributed by atoms with van der Waals surface area (Å²) >= 11 is 0. The van der Waals surface area contributed by atoms with Crippen LogP contribution in [0.3, 0.4) is 0 Å². The summed E-state index contributed by atoms with van der Waals surface area (Å²) in [6, 6.07) is 0. The van der Waals surface area contributed by atoms with Crippen LogP contribution in [0.1, 0.15) is 53.4 Å². The second-order valence-electron chi connectivity index (χ2n) is 6.59. The van der Waals surface area contributed by atoms with Crippen molar-refractivity contribution in [3.05, 3.63) is 22.8 Å². The van der Waals surface area contributed by atoms with Gasteiger partial charge in [-0.25, -0.2) is 4.79 Å². The third-order valence-electron chi connectivity index (χ3n) is 4.55. The van der Waals surface area contributed by atoms with E-state index in [0.29, 0.717) is 5.92 Å².